The van der Waals surface area contributed by atoms with Gasteiger partial charge in [0.15, 0.2) is 0 Å². The van der Waals surface area contributed by atoms with Crippen LogP contribution in [0.2, 0.25) is 0 Å². The van der Waals surface area contributed by atoms with Crippen LogP contribution < -0.4 is 5.32 Å². The van der Waals surface area contributed by atoms with E-state index in [-0.39, 0.29) is 5.91 Å². The van der Waals surface area contributed by atoms with Crippen LogP contribution >= 0.6 is 27.3 Å². The van der Waals surface area contributed by atoms with E-state index in [1.54, 1.807) is 6.07 Å². The maximum Gasteiger partial charge on any atom is 0.258 e. The van der Waals surface area contributed by atoms with Crippen LogP contribution in [0.15, 0.2) is 28.7 Å². The van der Waals surface area contributed by atoms with Gasteiger partial charge in [-0.05, 0) is 54.0 Å². The Bertz CT molecular complexity index is 670. The molecule has 5 nitrogen and oxygen atoms in total. The van der Waals surface area contributed by atoms with Gasteiger partial charge in [0.05, 0.1) is 5.56 Å². The Balaban J connectivity index is 1.54. The zero-order valence-electron chi connectivity index (χ0n) is 12.8. The first kappa shape index (κ1) is 16.5. The number of halogens is 1. The highest BCUT2D eigenvalue weighted by atomic mass is 79.9. The van der Waals surface area contributed by atoms with Crippen molar-refractivity contribution in [3.05, 3.63) is 39.3 Å². The lowest BCUT2D eigenvalue weighted by Gasteiger charge is -2.25. The summed E-state index contributed by atoms with van der Waals surface area (Å²) in [5.74, 6) is -0.170. The molecule has 2 heterocycles. The van der Waals surface area contributed by atoms with Gasteiger partial charge in [-0.3, -0.25) is 10.1 Å². The first-order valence-corrected chi connectivity index (χ1v) is 9.44. The quantitative estimate of drug-likeness (QED) is 0.841. The van der Waals surface area contributed by atoms with Crippen molar-refractivity contribution < 1.29 is 4.79 Å². The van der Waals surface area contributed by atoms with Crippen LogP contribution in [-0.2, 0) is 6.42 Å². The van der Waals surface area contributed by atoms with E-state index in [4.69, 9.17) is 0 Å². The Labute approximate surface area is 148 Å². The molecule has 0 radical (unpaired) electrons. The molecule has 1 fully saturated rings. The standard InChI is InChI=1S/C16H19BrN4OS/c17-13-7-3-2-6-12(13)15(22)18-16-20-19-14(23-16)8-11-21-9-4-1-5-10-21/h2-3,6-7H,1,4-5,8-11H2,(H,18,20,22). The lowest BCUT2D eigenvalue weighted by molar-refractivity contribution is 0.102. The molecule has 0 bridgehead atoms. The first-order valence-electron chi connectivity index (χ1n) is 7.83. The fourth-order valence-corrected chi connectivity index (χ4v) is 3.84. The molecule has 0 unspecified atom stereocenters. The van der Waals surface area contributed by atoms with Crippen molar-refractivity contribution in [1.82, 2.24) is 15.1 Å². The number of benzene rings is 1. The monoisotopic (exact) mass is 394 g/mol. The van der Waals surface area contributed by atoms with Crippen LogP contribution in [-0.4, -0.2) is 40.6 Å². The molecule has 0 saturated carbocycles. The highest BCUT2D eigenvalue weighted by molar-refractivity contribution is 9.10. The number of anilines is 1. The molecule has 1 amide bonds. The Morgan fingerprint density at radius 2 is 2.00 bits per heavy atom. The summed E-state index contributed by atoms with van der Waals surface area (Å²) < 4.78 is 0.771. The summed E-state index contributed by atoms with van der Waals surface area (Å²) in [6.45, 7) is 3.39. The van der Waals surface area contributed by atoms with E-state index in [0.29, 0.717) is 10.7 Å². The third kappa shape index (κ3) is 4.59. The second-order valence-electron chi connectivity index (χ2n) is 5.59. The fourth-order valence-electron chi connectivity index (χ4n) is 2.65. The summed E-state index contributed by atoms with van der Waals surface area (Å²) in [5, 5.41) is 12.6. The van der Waals surface area contributed by atoms with Gasteiger partial charge < -0.3 is 4.90 Å². The number of amides is 1. The van der Waals surface area contributed by atoms with Crippen molar-refractivity contribution in [3.63, 3.8) is 0 Å². The van der Waals surface area contributed by atoms with Crippen molar-refractivity contribution in [3.8, 4) is 0 Å². The SMILES string of the molecule is O=C(Nc1nnc(CCN2CCCCC2)s1)c1ccccc1Br. The van der Waals surface area contributed by atoms with Crippen molar-refractivity contribution in [2.75, 3.05) is 25.0 Å². The zero-order valence-corrected chi connectivity index (χ0v) is 15.2. The first-order chi connectivity index (χ1) is 11.2. The van der Waals surface area contributed by atoms with E-state index in [1.807, 2.05) is 18.2 Å². The van der Waals surface area contributed by atoms with Crippen molar-refractivity contribution in [1.29, 1.82) is 0 Å². The molecular weight excluding hydrogens is 376 g/mol. The predicted octanol–water partition coefficient (Wildman–Crippen LogP) is 3.58. The van der Waals surface area contributed by atoms with Gasteiger partial charge in [-0.15, -0.1) is 10.2 Å². The summed E-state index contributed by atoms with van der Waals surface area (Å²) in [4.78, 5) is 14.7. The predicted molar refractivity (Wildman–Crippen MR) is 96.0 cm³/mol. The number of carbonyl (C=O) groups excluding carboxylic acids is 1. The maximum atomic E-state index is 12.2. The Morgan fingerprint density at radius 3 is 2.78 bits per heavy atom. The van der Waals surface area contributed by atoms with E-state index in [0.717, 1.165) is 22.4 Å². The van der Waals surface area contributed by atoms with E-state index < -0.39 is 0 Å². The van der Waals surface area contributed by atoms with Gasteiger partial charge in [-0.2, -0.15) is 0 Å². The number of carbonyl (C=O) groups is 1. The Hall–Kier alpha value is -1.31. The number of nitrogens with one attached hydrogen (secondary N) is 1. The highest BCUT2D eigenvalue weighted by Gasteiger charge is 2.14. The normalized spacial score (nSPS) is 15.5. The molecule has 1 N–H and O–H groups in total. The number of hydrogen-bond donors (Lipinski definition) is 1. The van der Waals surface area contributed by atoms with Gasteiger partial charge in [0.25, 0.3) is 5.91 Å². The van der Waals surface area contributed by atoms with Gasteiger partial charge in [0, 0.05) is 17.4 Å². The Morgan fingerprint density at radius 1 is 1.22 bits per heavy atom. The van der Waals surface area contributed by atoms with E-state index >= 15 is 0 Å². The van der Waals surface area contributed by atoms with Gasteiger partial charge in [-0.1, -0.05) is 29.9 Å². The zero-order chi connectivity index (χ0) is 16.1. The largest absolute Gasteiger partial charge is 0.303 e. The van der Waals surface area contributed by atoms with E-state index in [1.165, 1.54) is 43.7 Å². The molecule has 0 spiro atoms. The van der Waals surface area contributed by atoms with Gasteiger partial charge in [-0.25, -0.2) is 0 Å². The summed E-state index contributed by atoms with van der Waals surface area (Å²) in [6, 6.07) is 7.34. The van der Waals surface area contributed by atoms with E-state index in [2.05, 4.69) is 36.3 Å². The van der Waals surface area contributed by atoms with E-state index in [9.17, 15) is 4.79 Å². The van der Waals surface area contributed by atoms with Crippen LogP contribution in [0.25, 0.3) is 0 Å². The lowest BCUT2D eigenvalue weighted by atomic mass is 10.1. The summed E-state index contributed by atoms with van der Waals surface area (Å²) in [5.41, 5.74) is 0.595. The van der Waals surface area contributed by atoms with Gasteiger partial charge in [0.1, 0.15) is 5.01 Å². The molecule has 1 aliphatic rings. The van der Waals surface area contributed by atoms with Crippen LogP contribution in [0.1, 0.15) is 34.6 Å². The second-order valence-corrected chi connectivity index (χ2v) is 7.50. The molecule has 1 aromatic carbocycles. The molecule has 122 valence electrons. The number of likely N-dealkylation sites (tertiary alicyclic amines) is 1. The minimum absolute atomic E-state index is 0.170. The molecule has 3 rings (SSSR count). The minimum Gasteiger partial charge on any atom is -0.303 e. The fraction of sp³-hybridized carbons (Fsp3) is 0.438. The van der Waals surface area contributed by atoms with Crippen LogP contribution in [0.4, 0.5) is 5.13 Å². The number of nitrogens with zero attached hydrogens (tertiary/aromatic N) is 3. The van der Waals surface area contributed by atoms with Crippen molar-refractivity contribution in [2.24, 2.45) is 0 Å². The van der Waals surface area contributed by atoms with Crippen LogP contribution in [0, 0.1) is 0 Å². The third-order valence-corrected chi connectivity index (χ3v) is 5.49. The van der Waals surface area contributed by atoms with Crippen LogP contribution in [0.5, 0.6) is 0 Å². The average Bonchev–Trinajstić information content (AvgIpc) is 3.02. The molecule has 1 saturated heterocycles. The maximum absolute atomic E-state index is 12.2. The Kier molecular flexibility index (Phi) is 5.75. The summed E-state index contributed by atoms with van der Waals surface area (Å²) in [7, 11) is 0. The molecule has 0 aliphatic carbocycles. The summed E-state index contributed by atoms with van der Waals surface area (Å²) in [6.07, 6.45) is 4.83. The molecular formula is C16H19BrN4OS. The topological polar surface area (TPSA) is 58.1 Å². The van der Waals surface area contributed by atoms with Gasteiger partial charge in [0.2, 0.25) is 5.13 Å². The molecule has 23 heavy (non-hydrogen) atoms. The van der Waals surface area contributed by atoms with Crippen molar-refractivity contribution in [2.45, 2.75) is 25.7 Å². The number of rotatable bonds is 5. The molecule has 1 aliphatic heterocycles. The van der Waals surface area contributed by atoms with Gasteiger partial charge >= 0.3 is 0 Å². The molecule has 0 atom stereocenters. The van der Waals surface area contributed by atoms with Crippen molar-refractivity contribution >= 4 is 38.3 Å². The van der Waals surface area contributed by atoms with Crippen LogP contribution in [0.3, 0.4) is 0 Å². The minimum atomic E-state index is -0.170. The molecule has 7 heteroatoms. The average molecular weight is 395 g/mol. The number of hydrogen-bond acceptors (Lipinski definition) is 5. The third-order valence-electron chi connectivity index (χ3n) is 3.90. The lowest BCUT2D eigenvalue weighted by Crippen LogP contribution is -2.31. The molecule has 2 aromatic rings. The highest BCUT2D eigenvalue weighted by Crippen LogP contribution is 2.20. The summed E-state index contributed by atoms with van der Waals surface area (Å²) >= 11 is 4.84. The number of piperidine rings is 1. The number of aromatic nitrogens is 2. The second kappa shape index (κ2) is 7.99. The smallest absolute Gasteiger partial charge is 0.258 e. The molecule has 1 aromatic heterocycles.